The molecule has 112 valence electrons. The third kappa shape index (κ3) is 2.26. The lowest BCUT2D eigenvalue weighted by Crippen LogP contribution is -1.97. The molecule has 6 nitrogen and oxygen atoms in total. The number of aryl methyl sites for hydroxylation is 1. The molecule has 2 aromatic carbocycles. The molecule has 0 aliphatic rings. The van der Waals surface area contributed by atoms with Gasteiger partial charge >= 0.3 is 5.69 Å². The Labute approximate surface area is 124 Å². The molecule has 1 aromatic heterocycles. The predicted molar refractivity (Wildman–Crippen MR) is 78.6 cm³/mol. The van der Waals surface area contributed by atoms with E-state index >= 15 is 0 Å². The first kappa shape index (κ1) is 14.0. The molecule has 0 aliphatic carbocycles. The first-order valence-electron chi connectivity index (χ1n) is 6.50. The number of imidazole rings is 1. The number of aromatic nitrogens is 2. The second kappa shape index (κ2) is 5.10. The molecule has 0 N–H and O–H groups in total. The van der Waals surface area contributed by atoms with Gasteiger partial charge in [0.25, 0.3) is 0 Å². The molecule has 0 fully saturated rings. The standard InChI is InChI=1S/C15H12FN3O3/c1-9-14(6-5-13(15(9)16)19(20)21)22-10-3-4-12-11(7-10)17-8-18(12)2/h3-8H,1-2H3. The molecule has 0 bridgehead atoms. The number of hydrogen-bond acceptors (Lipinski definition) is 4. The molecule has 22 heavy (non-hydrogen) atoms. The van der Waals surface area contributed by atoms with Crippen molar-refractivity contribution in [2.45, 2.75) is 6.92 Å². The number of benzene rings is 2. The van der Waals surface area contributed by atoms with E-state index in [0.717, 1.165) is 17.1 Å². The molecule has 0 radical (unpaired) electrons. The Bertz CT molecular complexity index is 889. The van der Waals surface area contributed by atoms with Gasteiger partial charge in [-0.3, -0.25) is 10.1 Å². The molecular weight excluding hydrogens is 289 g/mol. The lowest BCUT2D eigenvalue weighted by molar-refractivity contribution is -0.387. The van der Waals surface area contributed by atoms with Crippen LogP contribution in [0.25, 0.3) is 11.0 Å². The maximum Gasteiger partial charge on any atom is 0.305 e. The van der Waals surface area contributed by atoms with Crippen LogP contribution in [0.1, 0.15) is 5.56 Å². The molecule has 3 aromatic rings. The lowest BCUT2D eigenvalue weighted by Gasteiger charge is -2.09. The minimum atomic E-state index is -0.888. The molecular formula is C15H12FN3O3. The van der Waals surface area contributed by atoms with Gasteiger partial charge in [0, 0.05) is 24.7 Å². The summed E-state index contributed by atoms with van der Waals surface area (Å²) in [7, 11) is 1.88. The summed E-state index contributed by atoms with van der Waals surface area (Å²) in [6.07, 6.45) is 1.69. The van der Waals surface area contributed by atoms with Crippen molar-refractivity contribution < 1.29 is 14.1 Å². The Hall–Kier alpha value is -2.96. The third-order valence-corrected chi connectivity index (χ3v) is 3.44. The van der Waals surface area contributed by atoms with Gasteiger partial charge in [0.15, 0.2) is 0 Å². The number of nitrogens with zero attached hydrogens (tertiary/aromatic N) is 3. The van der Waals surface area contributed by atoms with E-state index in [4.69, 9.17) is 4.74 Å². The van der Waals surface area contributed by atoms with E-state index in [-0.39, 0.29) is 11.3 Å². The fraction of sp³-hybridized carbons (Fsp3) is 0.133. The summed E-state index contributed by atoms with van der Waals surface area (Å²) in [5.74, 6) is -0.164. The summed E-state index contributed by atoms with van der Waals surface area (Å²) in [6, 6.07) is 7.79. The molecule has 0 amide bonds. The fourth-order valence-corrected chi connectivity index (χ4v) is 2.21. The van der Waals surface area contributed by atoms with Crippen LogP contribution in [-0.4, -0.2) is 14.5 Å². The highest BCUT2D eigenvalue weighted by Crippen LogP contribution is 2.32. The van der Waals surface area contributed by atoms with Crippen molar-refractivity contribution in [3.8, 4) is 11.5 Å². The minimum absolute atomic E-state index is 0.0929. The fourth-order valence-electron chi connectivity index (χ4n) is 2.21. The summed E-state index contributed by atoms with van der Waals surface area (Å²) in [5, 5.41) is 10.7. The zero-order valence-corrected chi connectivity index (χ0v) is 11.9. The van der Waals surface area contributed by atoms with Crippen LogP contribution in [0.2, 0.25) is 0 Å². The molecule has 0 unspecified atom stereocenters. The van der Waals surface area contributed by atoms with E-state index in [1.165, 1.54) is 13.0 Å². The minimum Gasteiger partial charge on any atom is -0.457 e. The van der Waals surface area contributed by atoms with Gasteiger partial charge in [0.05, 0.1) is 22.3 Å². The second-order valence-corrected chi connectivity index (χ2v) is 4.89. The second-order valence-electron chi connectivity index (χ2n) is 4.89. The van der Waals surface area contributed by atoms with Gasteiger partial charge in [0.2, 0.25) is 5.82 Å². The molecule has 0 spiro atoms. The van der Waals surface area contributed by atoms with Crippen molar-refractivity contribution in [2.24, 2.45) is 7.05 Å². The monoisotopic (exact) mass is 301 g/mol. The average Bonchev–Trinajstić information content (AvgIpc) is 2.85. The summed E-state index contributed by atoms with van der Waals surface area (Å²) in [6.45, 7) is 1.44. The van der Waals surface area contributed by atoms with Crippen molar-refractivity contribution in [1.29, 1.82) is 0 Å². The normalized spacial score (nSPS) is 10.9. The Balaban J connectivity index is 1.97. The summed E-state index contributed by atoms with van der Waals surface area (Å²) in [4.78, 5) is 14.2. The smallest absolute Gasteiger partial charge is 0.305 e. The van der Waals surface area contributed by atoms with Crippen molar-refractivity contribution in [3.63, 3.8) is 0 Å². The first-order chi connectivity index (χ1) is 10.5. The Morgan fingerprint density at radius 2 is 2.09 bits per heavy atom. The number of hydrogen-bond donors (Lipinski definition) is 0. The summed E-state index contributed by atoms with van der Waals surface area (Å²) in [5.41, 5.74) is 1.22. The van der Waals surface area contributed by atoms with Gasteiger partial charge in [-0.15, -0.1) is 0 Å². The predicted octanol–water partition coefficient (Wildman–Crippen LogP) is 3.72. The van der Waals surface area contributed by atoms with Gasteiger partial charge in [-0.2, -0.15) is 4.39 Å². The number of halogens is 1. The van der Waals surface area contributed by atoms with Crippen LogP contribution < -0.4 is 4.74 Å². The van der Waals surface area contributed by atoms with E-state index in [1.807, 2.05) is 17.7 Å². The van der Waals surface area contributed by atoms with Gasteiger partial charge in [-0.1, -0.05) is 0 Å². The number of nitro benzene ring substituents is 1. The van der Waals surface area contributed by atoms with Gasteiger partial charge in [0.1, 0.15) is 11.5 Å². The summed E-state index contributed by atoms with van der Waals surface area (Å²) < 4.78 is 21.4. The number of nitro groups is 1. The zero-order chi connectivity index (χ0) is 15.9. The van der Waals surface area contributed by atoms with Crippen LogP contribution in [-0.2, 0) is 7.05 Å². The van der Waals surface area contributed by atoms with E-state index in [1.54, 1.807) is 18.5 Å². The SMILES string of the molecule is Cc1c(Oc2ccc3c(c2)ncn3C)ccc([N+](=O)[O-])c1F. The van der Waals surface area contributed by atoms with Crippen LogP contribution >= 0.6 is 0 Å². The van der Waals surface area contributed by atoms with Crippen LogP contribution in [0.3, 0.4) is 0 Å². The molecule has 0 saturated heterocycles. The highest BCUT2D eigenvalue weighted by molar-refractivity contribution is 5.77. The number of fused-ring (bicyclic) bond motifs is 1. The third-order valence-electron chi connectivity index (χ3n) is 3.44. The van der Waals surface area contributed by atoms with Crippen molar-refractivity contribution in [1.82, 2.24) is 9.55 Å². The van der Waals surface area contributed by atoms with Crippen LogP contribution in [0.4, 0.5) is 10.1 Å². The van der Waals surface area contributed by atoms with Gasteiger partial charge < -0.3 is 9.30 Å². The van der Waals surface area contributed by atoms with Crippen molar-refractivity contribution in [3.05, 3.63) is 58.2 Å². The molecule has 1 heterocycles. The topological polar surface area (TPSA) is 70.2 Å². The van der Waals surface area contributed by atoms with E-state index in [0.29, 0.717) is 5.75 Å². The molecule has 3 rings (SSSR count). The van der Waals surface area contributed by atoms with Gasteiger partial charge in [-0.05, 0) is 25.1 Å². The maximum atomic E-state index is 13.9. The quantitative estimate of drug-likeness (QED) is 0.546. The highest BCUT2D eigenvalue weighted by Gasteiger charge is 2.19. The largest absolute Gasteiger partial charge is 0.457 e. The van der Waals surface area contributed by atoms with Crippen LogP contribution in [0.5, 0.6) is 11.5 Å². The molecule has 0 aliphatic heterocycles. The van der Waals surface area contributed by atoms with E-state index < -0.39 is 16.4 Å². The molecule has 0 atom stereocenters. The number of rotatable bonds is 3. The first-order valence-corrected chi connectivity index (χ1v) is 6.50. The zero-order valence-electron chi connectivity index (χ0n) is 11.9. The number of ether oxygens (including phenoxy) is 1. The van der Waals surface area contributed by atoms with Crippen molar-refractivity contribution in [2.75, 3.05) is 0 Å². The summed E-state index contributed by atoms with van der Waals surface area (Å²) >= 11 is 0. The van der Waals surface area contributed by atoms with Crippen molar-refractivity contribution >= 4 is 16.7 Å². The Kier molecular flexibility index (Phi) is 3.25. The van der Waals surface area contributed by atoms with Crippen LogP contribution in [0.15, 0.2) is 36.7 Å². The molecule has 0 saturated carbocycles. The highest BCUT2D eigenvalue weighted by atomic mass is 19.1. The van der Waals surface area contributed by atoms with Gasteiger partial charge in [-0.25, -0.2) is 4.98 Å². The Morgan fingerprint density at radius 1 is 1.32 bits per heavy atom. The Morgan fingerprint density at radius 3 is 2.82 bits per heavy atom. The average molecular weight is 301 g/mol. The molecule has 7 heteroatoms. The van der Waals surface area contributed by atoms with Crippen LogP contribution in [0, 0.1) is 22.9 Å². The van der Waals surface area contributed by atoms with E-state index in [2.05, 4.69) is 4.98 Å². The maximum absolute atomic E-state index is 13.9. The lowest BCUT2D eigenvalue weighted by atomic mass is 10.2. The van der Waals surface area contributed by atoms with E-state index in [9.17, 15) is 14.5 Å².